The zero-order valence-electron chi connectivity index (χ0n) is 18.2. The molecule has 6 atom stereocenters. The monoisotopic (exact) mass is 518 g/mol. The SMILES string of the molecule is O=C1N[C@H]2[C@H](CS[C@H]2CCCCC(=O)S(=O)(=O)C(=O)CCCC[C@@H]2SC[C@@H]3NC(=O)N[C@@H]32)N1. The molecule has 4 aliphatic heterocycles. The lowest BCUT2D eigenvalue weighted by Gasteiger charge is -2.16. The summed E-state index contributed by atoms with van der Waals surface area (Å²) in [5, 5.41) is 10.1. The number of urea groups is 2. The topological polar surface area (TPSA) is 151 Å². The second-order valence-electron chi connectivity index (χ2n) is 8.98. The van der Waals surface area contributed by atoms with Gasteiger partial charge in [-0.3, -0.25) is 9.59 Å². The van der Waals surface area contributed by atoms with Gasteiger partial charge in [0, 0.05) is 34.8 Å². The first-order valence-electron chi connectivity index (χ1n) is 11.4. The standard InChI is InChI=1S/C20H30N4O6S3/c25-15(7-3-1-5-13-17-11(9-31-13)21-19(27)23-17)33(29,30)16(26)8-4-2-6-14-18-12(10-32-14)22-20(28)24-18/h11-14,17-18H,1-10H2,(H2,21,23,27)(H2,22,24,28)/t11-,12-,13-,14-,17-,18-/m0/s1. The molecule has 0 bridgehead atoms. The van der Waals surface area contributed by atoms with E-state index in [1.54, 1.807) is 23.5 Å². The van der Waals surface area contributed by atoms with Gasteiger partial charge in [-0.05, 0) is 25.7 Å². The van der Waals surface area contributed by atoms with Crippen molar-refractivity contribution < 1.29 is 27.6 Å². The number of fused-ring (bicyclic) bond motifs is 2. The van der Waals surface area contributed by atoms with E-state index in [9.17, 15) is 27.6 Å². The summed E-state index contributed by atoms with van der Waals surface area (Å²) in [6, 6.07) is 0.132. The van der Waals surface area contributed by atoms with Crippen molar-refractivity contribution >= 4 is 55.7 Å². The van der Waals surface area contributed by atoms with E-state index in [4.69, 9.17) is 0 Å². The Morgan fingerprint density at radius 3 is 1.58 bits per heavy atom. The molecule has 0 saturated carbocycles. The maximum Gasteiger partial charge on any atom is 0.315 e. The van der Waals surface area contributed by atoms with E-state index in [2.05, 4.69) is 21.3 Å². The Hall–Kier alpha value is -1.47. The van der Waals surface area contributed by atoms with Crippen LogP contribution >= 0.6 is 23.5 Å². The van der Waals surface area contributed by atoms with Crippen LogP contribution in [0.3, 0.4) is 0 Å². The Bertz CT molecular complexity index is 847. The van der Waals surface area contributed by atoms with Crippen molar-refractivity contribution in [1.82, 2.24) is 21.3 Å². The van der Waals surface area contributed by atoms with Crippen LogP contribution in [0.2, 0.25) is 0 Å². The molecule has 4 rings (SSSR count). The fourth-order valence-corrected chi connectivity index (χ4v) is 9.08. The maximum absolute atomic E-state index is 12.3. The molecule has 4 fully saturated rings. The van der Waals surface area contributed by atoms with E-state index >= 15 is 0 Å². The van der Waals surface area contributed by atoms with Gasteiger partial charge >= 0.3 is 12.1 Å². The molecule has 4 saturated heterocycles. The molecule has 0 radical (unpaired) electrons. The summed E-state index contributed by atoms with van der Waals surface area (Å²) in [4.78, 5) is 47.2. The molecule has 0 aromatic carbocycles. The average Bonchev–Trinajstić information content (AvgIpc) is 3.50. The Kier molecular flexibility index (Phi) is 7.79. The van der Waals surface area contributed by atoms with Gasteiger partial charge in [-0.2, -0.15) is 23.5 Å². The zero-order valence-corrected chi connectivity index (χ0v) is 20.7. The van der Waals surface area contributed by atoms with Crippen molar-refractivity contribution in [3.8, 4) is 0 Å². The van der Waals surface area contributed by atoms with Crippen LogP contribution in [0.25, 0.3) is 0 Å². The van der Waals surface area contributed by atoms with Gasteiger partial charge < -0.3 is 21.3 Å². The van der Waals surface area contributed by atoms with E-state index in [1.807, 2.05) is 0 Å². The molecule has 0 spiro atoms. The van der Waals surface area contributed by atoms with Crippen LogP contribution in [0.15, 0.2) is 0 Å². The second-order valence-corrected chi connectivity index (χ2v) is 13.4. The lowest BCUT2D eigenvalue weighted by molar-refractivity contribution is -0.114. The molecule has 4 heterocycles. The number of rotatable bonds is 10. The molecule has 4 amide bonds. The van der Waals surface area contributed by atoms with Gasteiger partial charge in [0.15, 0.2) is 0 Å². The number of carbonyl (C=O) groups is 4. The van der Waals surface area contributed by atoms with E-state index in [1.165, 1.54) is 0 Å². The fraction of sp³-hybridized carbons (Fsp3) is 0.800. The first-order chi connectivity index (χ1) is 15.8. The van der Waals surface area contributed by atoms with E-state index in [-0.39, 0.29) is 59.6 Å². The first-order valence-corrected chi connectivity index (χ1v) is 15.0. The third kappa shape index (κ3) is 5.61. The predicted octanol–water partition coefficient (Wildman–Crippen LogP) is 0.906. The lowest BCUT2D eigenvalue weighted by Crippen LogP contribution is -2.36. The molecule has 184 valence electrons. The molecular weight excluding hydrogens is 488 g/mol. The molecule has 0 unspecified atom stereocenters. The van der Waals surface area contributed by atoms with Crippen LogP contribution in [0.4, 0.5) is 9.59 Å². The van der Waals surface area contributed by atoms with Crippen LogP contribution in [0, 0.1) is 0 Å². The number of amides is 4. The molecule has 10 nitrogen and oxygen atoms in total. The first kappa shape index (κ1) is 24.6. The Balaban J connectivity index is 1.11. The highest BCUT2D eigenvalue weighted by Crippen LogP contribution is 2.34. The van der Waals surface area contributed by atoms with Crippen molar-refractivity contribution in [3.05, 3.63) is 0 Å². The lowest BCUT2D eigenvalue weighted by atomic mass is 10.0. The quantitative estimate of drug-likeness (QED) is 0.246. The average molecular weight is 519 g/mol. The summed E-state index contributed by atoms with van der Waals surface area (Å²) in [5.41, 5.74) is 0. The highest BCUT2D eigenvalue weighted by atomic mass is 32.2. The Morgan fingerprint density at radius 1 is 0.727 bits per heavy atom. The Morgan fingerprint density at radius 2 is 1.15 bits per heavy atom. The zero-order chi connectivity index (χ0) is 23.6. The number of carbonyl (C=O) groups excluding carboxylic acids is 4. The number of unbranched alkanes of at least 4 members (excludes halogenated alkanes) is 2. The van der Waals surface area contributed by atoms with E-state index < -0.39 is 20.1 Å². The van der Waals surface area contributed by atoms with Gasteiger partial charge in [0.1, 0.15) is 0 Å². The fourth-order valence-electron chi connectivity index (χ4n) is 4.91. The normalized spacial score (nSPS) is 32.5. The molecule has 0 aromatic rings. The minimum Gasteiger partial charge on any atom is -0.332 e. The Labute approximate surface area is 201 Å². The number of hydrogen-bond acceptors (Lipinski definition) is 8. The van der Waals surface area contributed by atoms with Gasteiger partial charge in [-0.15, -0.1) is 0 Å². The third-order valence-corrected chi connectivity index (χ3v) is 11.3. The second kappa shape index (κ2) is 10.4. The molecular formula is C20H30N4O6S3. The van der Waals surface area contributed by atoms with Crippen LogP contribution in [0.1, 0.15) is 51.4 Å². The predicted molar refractivity (Wildman–Crippen MR) is 127 cm³/mol. The van der Waals surface area contributed by atoms with Crippen LogP contribution < -0.4 is 21.3 Å². The van der Waals surface area contributed by atoms with Crippen LogP contribution in [-0.4, -0.2) is 76.9 Å². The van der Waals surface area contributed by atoms with Crippen molar-refractivity contribution in [3.63, 3.8) is 0 Å². The summed E-state index contributed by atoms with van der Waals surface area (Å²) in [6.45, 7) is 0. The maximum atomic E-state index is 12.3. The summed E-state index contributed by atoms with van der Waals surface area (Å²) in [5.74, 6) is 1.70. The largest absolute Gasteiger partial charge is 0.332 e. The van der Waals surface area contributed by atoms with Crippen LogP contribution in [-0.2, 0) is 19.4 Å². The van der Waals surface area contributed by atoms with Gasteiger partial charge in [-0.1, -0.05) is 12.8 Å². The van der Waals surface area contributed by atoms with Gasteiger partial charge in [0.25, 0.3) is 20.1 Å². The van der Waals surface area contributed by atoms with E-state index in [0.29, 0.717) is 25.7 Å². The number of thioether (sulfide) groups is 2. The van der Waals surface area contributed by atoms with Crippen molar-refractivity contribution in [2.45, 2.75) is 86.0 Å². The molecule has 0 aliphatic carbocycles. The van der Waals surface area contributed by atoms with Crippen molar-refractivity contribution in [2.75, 3.05) is 11.5 Å². The van der Waals surface area contributed by atoms with Crippen LogP contribution in [0.5, 0.6) is 0 Å². The van der Waals surface area contributed by atoms with E-state index in [0.717, 1.165) is 24.3 Å². The molecule has 4 aliphatic rings. The minimum atomic E-state index is -4.40. The number of hydrogen-bond donors (Lipinski definition) is 4. The highest BCUT2D eigenvalue weighted by molar-refractivity contribution is 8.18. The number of nitrogens with one attached hydrogen (secondary N) is 4. The molecule has 4 N–H and O–H groups in total. The minimum absolute atomic E-state index is 0.0817. The summed E-state index contributed by atoms with van der Waals surface area (Å²) in [6.07, 6.45) is 3.40. The summed E-state index contributed by atoms with van der Waals surface area (Å²) < 4.78 is 24.6. The summed E-state index contributed by atoms with van der Waals surface area (Å²) in [7, 11) is -4.40. The molecule has 33 heavy (non-hydrogen) atoms. The number of sulfone groups is 1. The van der Waals surface area contributed by atoms with Gasteiger partial charge in [0.2, 0.25) is 0 Å². The highest BCUT2D eigenvalue weighted by Gasteiger charge is 2.43. The van der Waals surface area contributed by atoms with Gasteiger partial charge in [-0.25, -0.2) is 18.0 Å². The van der Waals surface area contributed by atoms with Gasteiger partial charge in [0.05, 0.1) is 24.2 Å². The van der Waals surface area contributed by atoms with Crippen molar-refractivity contribution in [1.29, 1.82) is 0 Å². The smallest absolute Gasteiger partial charge is 0.315 e. The molecule has 0 aromatic heterocycles. The molecule has 13 heteroatoms. The third-order valence-electron chi connectivity index (χ3n) is 6.71. The van der Waals surface area contributed by atoms with Crippen molar-refractivity contribution in [2.24, 2.45) is 0 Å². The summed E-state index contributed by atoms with van der Waals surface area (Å²) >= 11 is 3.54.